The first-order valence-electron chi connectivity index (χ1n) is 6.79. The van der Waals surface area contributed by atoms with E-state index in [0.717, 1.165) is 15.8 Å². The van der Waals surface area contributed by atoms with Gasteiger partial charge in [-0.3, -0.25) is 10.1 Å². The summed E-state index contributed by atoms with van der Waals surface area (Å²) in [4.78, 5) is 16.7. The van der Waals surface area contributed by atoms with Crippen LogP contribution in [0.3, 0.4) is 0 Å². The number of rotatable bonds is 2. The number of thiazole rings is 1. The molecule has 1 amide bonds. The number of fused-ring (bicyclic) bond motifs is 1. The quantitative estimate of drug-likeness (QED) is 0.758. The number of amides is 1. The van der Waals surface area contributed by atoms with Gasteiger partial charge in [0.25, 0.3) is 5.91 Å². The molecule has 0 spiro atoms. The molecule has 1 aromatic heterocycles. The number of hydrogen-bond donors (Lipinski definition) is 1. The van der Waals surface area contributed by atoms with Crippen molar-refractivity contribution >= 4 is 32.6 Å². The molecular formula is C17H16N2OS. The van der Waals surface area contributed by atoms with E-state index in [1.807, 2.05) is 31.2 Å². The Morgan fingerprint density at radius 3 is 2.62 bits per heavy atom. The fraction of sp³-hybridized carbons (Fsp3) is 0.176. The predicted octanol–water partition coefficient (Wildman–Crippen LogP) is 4.47. The third-order valence-corrected chi connectivity index (χ3v) is 4.44. The zero-order valence-electron chi connectivity index (χ0n) is 12.2. The van der Waals surface area contributed by atoms with Crippen molar-refractivity contribution in [2.75, 3.05) is 5.32 Å². The van der Waals surface area contributed by atoms with Crippen molar-refractivity contribution in [3.63, 3.8) is 0 Å². The lowest BCUT2D eigenvalue weighted by Gasteiger charge is -2.02. The molecule has 0 saturated carbocycles. The van der Waals surface area contributed by atoms with E-state index in [9.17, 15) is 4.79 Å². The molecule has 3 nitrogen and oxygen atoms in total. The van der Waals surface area contributed by atoms with E-state index in [4.69, 9.17) is 0 Å². The second kappa shape index (κ2) is 5.30. The zero-order chi connectivity index (χ0) is 15.0. The van der Waals surface area contributed by atoms with Crippen molar-refractivity contribution in [3.8, 4) is 0 Å². The maximum Gasteiger partial charge on any atom is 0.257 e. The number of benzene rings is 2. The Hall–Kier alpha value is -2.20. The maximum absolute atomic E-state index is 12.2. The number of aryl methyl sites for hydroxylation is 3. The molecular weight excluding hydrogens is 280 g/mol. The van der Waals surface area contributed by atoms with Crippen LogP contribution in [0.2, 0.25) is 0 Å². The smallest absolute Gasteiger partial charge is 0.257 e. The van der Waals surface area contributed by atoms with Crippen LogP contribution in [-0.2, 0) is 0 Å². The number of hydrogen-bond acceptors (Lipinski definition) is 3. The van der Waals surface area contributed by atoms with E-state index in [1.54, 1.807) is 0 Å². The summed E-state index contributed by atoms with van der Waals surface area (Å²) in [6.07, 6.45) is 0. The van der Waals surface area contributed by atoms with Crippen molar-refractivity contribution in [1.82, 2.24) is 4.98 Å². The van der Waals surface area contributed by atoms with Crippen LogP contribution < -0.4 is 5.32 Å². The Balaban J connectivity index is 1.89. The molecule has 0 aliphatic rings. The average molecular weight is 296 g/mol. The summed E-state index contributed by atoms with van der Waals surface area (Å²) < 4.78 is 1.10. The number of carbonyl (C=O) groups excluding carboxylic acids is 1. The lowest BCUT2D eigenvalue weighted by Crippen LogP contribution is -2.11. The molecule has 0 bridgehead atoms. The third-order valence-electron chi connectivity index (χ3n) is 3.50. The molecule has 21 heavy (non-hydrogen) atoms. The van der Waals surface area contributed by atoms with Crippen molar-refractivity contribution < 1.29 is 4.79 Å². The Labute approximate surface area is 127 Å². The molecule has 3 aromatic rings. The largest absolute Gasteiger partial charge is 0.298 e. The van der Waals surface area contributed by atoms with Crippen molar-refractivity contribution in [2.45, 2.75) is 20.8 Å². The van der Waals surface area contributed by atoms with E-state index in [2.05, 4.69) is 36.3 Å². The van der Waals surface area contributed by atoms with Gasteiger partial charge in [-0.25, -0.2) is 4.98 Å². The lowest BCUT2D eigenvalue weighted by molar-refractivity contribution is 0.102. The van der Waals surface area contributed by atoms with Crippen LogP contribution in [0.25, 0.3) is 10.2 Å². The van der Waals surface area contributed by atoms with Crippen molar-refractivity contribution in [2.24, 2.45) is 0 Å². The van der Waals surface area contributed by atoms with Gasteiger partial charge < -0.3 is 0 Å². The molecule has 0 radical (unpaired) electrons. The predicted molar refractivity (Wildman–Crippen MR) is 88.2 cm³/mol. The molecule has 0 saturated heterocycles. The number of nitrogens with one attached hydrogen (secondary N) is 1. The summed E-state index contributed by atoms with van der Waals surface area (Å²) in [5.41, 5.74) is 5.11. The van der Waals surface area contributed by atoms with E-state index >= 15 is 0 Å². The lowest BCUT2D eigenvalue weighted by atomic mass is 10.1. The number of nitrogens with zero attached hydrogens (tertiary/aromatic N) is 1. The molecule has 0 fully saturated rings. The summed E-state index contributed by atoms with van der Waals surface area (Å²) >= 11 is 1.50. The number of carbonyl (C=O) groups is 1. The SMILES string of the molecule is Cc1cccc(C(=O)Nc2nc3cc(C)c(C)cc3s2)c1. The summed E-state index contributed by atoms with van der Waals surface area (Å²) in [6.45, 7) is 6.12. The number of anilines is 1. The van der Waals surface area contributed by atoms with Crippen LogP contribution in [0.4, 0.5) is 5.13 Å². The molecule has 0 aliphatic carbocycles. The molecule has 4 heteroatoms. The number of aromatic nitrogens is 1. The second-order valence-corrected chi connectivity index (χ2v) is 6.28. The summed E-state index contributed by atoms with van der Waals surface area (Å²) in [6, 6.07) is 11.7. The van der Waals surface area contributed by atoms with Gasteiger partial charge in [-0.15, -0.1) is 0 Å². The minimum absolute atomic E-state index is 0.119. The summed E-state index contributed by atoms with van der Waals surface area (Å²) in [5, 5.41) is 3.52. The molecule has 1 heterocycles. The first-order chi connectivity index (χ1) is 10.0. The maximum atomic E-state index is 12.2. The van der Waals surface area contributed by atoms with Crippen LogP contribution in [0.1, 0.15) is 27.0 Å². The highest BCUT2D eigenvalue weighted by molar-refractivity contribution is 7.22. The second-order valence-electron chi connectivity index (χ2n) is 5.25. The van der Waals surface area contributed by atoms with Crippen molar-refractivity contribution in [1.29, 1.82) is 0 Å². The highest BCUT2D eigenvalue weighted by Gasteiger charge is 2.10. The van der Waals surface area contributed by atoms with Crippen LogP contribution >= 0.6 is 11.3 Å². The Kier molecular flexibility index (Phi) is 3.47. The Bertz CT molecular complexity index is 797. The first kappa shape index (κ1) is 13.8. The van der Waals surface area contributed by atoms with Gasteiger partial charge in [0.1, 0.15) is 0 Å². The standard InChI is InChI=1S/C17H16N2OS/c1-10-5-4-6-13(7-10)16(20)19-17-18-14-8-11(2)12(3)9-15(14)21-17/h4-9H,1-3H3,(H,18,19,20). The molecule has 2 aromatic carbocycles. The molecule has 106 valence electrons. The van der Waals surface area contributed by atoms with Gasteiger partial charge in [-0.05, 0) is 56.2 Å². The van der Waals surface area contributed by atoms with E-state index in [1.165, 1.54) is 22.5 Å². The van der Waals surface area contributed by atoms with E-state index in [-0.39, 0.29) is 5.91 Å². The average Bonchev–Trinajstić information content (AvgIpc) is 2.80. The van der Waals surface area contributed by atoms with E-state index < -0.39 is 0 Å². The monoisotopic (exact) mass is 296 g/mol. The molecule has 3 rings (SSSR count). The fourth-order valence-corrected chi connectivity index (χ4v) is 3.13. The fourth-order valence-electron chi connectivity index (χ4n) is 2.19. The first-order valence-corrected chi connectivity index (χ1v) is 7.60. The van der Waals surface area contributed by atoms with Gasteiger partial charge in [0, 0.05) is 5.56 Å². The minimum atomic E-state index is -0.119. The summed E-state index contributed by atoms with van der Waals surface area (Å²) in [5.74, 6) is -0.119. The van der Waals surface area contributed by atoms with Gasteiger partial charge in [0.05, 0.1) is 10.2 Å². The topological polar surface area (TPSA) is 42.0 Å². The molecule has 0 unspecified atom stereocenters. The molecule has 1 N–H and O–H groups in total. The highest BCUT2D eigenvalue weighted by Crippen LogP contribution is 2.28. The molecule has 0 aliphatic heterocycles. The van der Waals surface area contributed by atoms with Gasteiger partial charge in [0.15, 0.2) is 5.13 Å². The highest BCUT2D eigenvalue weighted by atomic mass is 32.1. The van der Waals surface area contributed by atoms with Crippen LogP contribution in [0, 0.1) is 20.8 Å². The van der Waals surface area contributed by atoms with Crippen LogP contribution in [-0.4, -0.2) is 10.9 Å². The van der Waals surface area contributed by atoms with Crippen molar-refractivity contribution in [3.05, 3.63) is 58.7 Å². The summed E-state index contributed by atoms with van der Waals surface area (Å²) in [7, 11) is 0. The van der Waals surface area contributed by atoms with Gasteiger partial charge in [-0.2, -0.15) is 0 Å². The minimum Gasteiger partial charge on any atom is -0.298 e. The van der Waals surface area contributed by atoms with Crippen LogP contribution in [0.15, 0.2) is 36.4 Å². The zero-order valence-corrected chi connectivity index (χ0v) is 13.0. The third kappa shape index (κ3) is 2.81. The Morgan fingerprint density at radius 2 is 1.86 bits per heavy atom. The van der Waals surface area contributed by atoms with Gasteiger partial charge in [-0.1, -0.05) is 29.0 Å². The van der Waals surface area contributed by atoms with Crippen LogP contribution in [0.5, 0.6) is 0 Å². The van der Waals surface area contributed by atoms with Gasteiger partial charge in [0.2, 0.25) is 0 Å². The Morgan fingerprint density at radius 1 is 1.10 bits per heavy atom. The van der Waals surface area contributed by atoms with E-state index in [0.29, 0.717) is 10.7 Å². The molecule has 0 atom stereocenters. The van der Waals surface area contributed by atoms with Gasteiger partial charge >= 0.3 is 0 Å². The normalized spacial score (nSPS) is 10.8.